The Morgan fingerprint density at radius 2 is 1.68 bits per heavy atom. The average Bonchev–Trinajstić information content (AvgIpc) is 3.40. The lowest BCUT2D eigenvalue weighted by atomic mass is 9.74. The van der Waals surface area contributed by atoms with Gasteiger partial charge in [0.05, 0.1) is 7.11 Å². The Balaban J connectivity index is 1.64. The van der Waals surface area contributed by atoms with E-state index < -0.39 is 0 Å². The van der Waals surface area contributed by atoms with Gasteiger partial charge in [-0.05, 0) is 43.5 Å². The number of hydrogen-bond donors (Lipinski definition) is 0. The van der Waals surface area contributed by atoms with Crippen LogP contribution in [0.5, 0.6) is 23.0 Å². The van der Waals surface area contributed by atoms with Crippen LogP contribution in [-0.4, -0.2) is 37.6 Å². The normalized spacial score (nSPS) is 28.7. The molecule has 0 bridgehead atoms. The highest BCUT2D eigenvalue weighted by Gasteiger charge is 2.49. The number of benzene rings is 2. The third-order valence-corrected chi connectivity index (χ3v) is 6.71. The second kappa shape index (κ2) is 6.59. The molecule has 2 aromatic rings. The quantitative estimate of drug-likeness (QED) is 0.788. The van der Waals surface area contributed by atoms with Gasteiger partial charge in [-0.15, -0.1) is 0 Å². The minimum absolute atomic E-state index is 0.203. The van der Waals surface area contributed by atoms with Gasteiger partial charge in [0.1, 0.15) is 11.5 Å². The number of methoxy groups -OCH3 is 1. The van der Waals surface area contributed by atoms with Crippen molar-refractivity contribution in [1.82, 2.24) is 4.90 Å². The van der Waals surface area contributed by atoms with Gasteiger partial charge in [0, 0.05) is 36.6 Å². The maximum Gasteiger partial charge on any atom is 0.231 e. The van der Waals surface area contributed by atoms with Gasteiger partial charge in [-0.3, -0.25) is 4.90 Å². The molecule has 3 aliphatic rings. The largest absolute Gasteiger partial charge is 0.497 e. The fourth-order valence-electron chi connectivity index (χ4n) is 4.96. The van der Waals surface area contributed by atoms with Gasteiger partial charge in [0.25, 0.3) is 0 Å². The molecule has 0 radical (unpaired) electrons. The van der Waals surface area contributed by atoms with E-state index in [1.54, 1.807) is 7.11 Å². The Bertz CT molecular complexity index is 875. The van der Waals surface area contributed by atoms with E-state index in [1.165, 1.54) is 24.0 Å². The Morgan fingerprint density at radius 1 is 1.00 bits per heavy atom. The lowest BCUT2D eigenvalue weighted by molar-refractivity contribution is -0.114. The molecule has 28 heavy (non-hydrogen) atoms. The van der Waals surface area contributed by atoms with Crippen LogP contribution in [0.25, 0.3) is 0 Å². The van der Waals surface area contributed by atoms with Crippen molar-refractivity contribution < 1.29 is 18.9 Å². The van der Waals surface area contributed by atoms with E-state index in [1.807, 2.05) is 18.2 Å². The molecule has 5 nitrogen and oxygen atoms in total. The topological polar surface area (TPSA) is 40.2 Å². The molecule has 3 atom stereocenters. The van der Waals surface area contributed by atoms with Gasteiger partial charge >= 0.3 is 0 Å². The van der Waals surface area contributed by atoms with E-state index in [-0.39, 0.29) is 24.4 Å². The molecule has 1 fully saturated rings. The molecule has 3 heterocycles. The molecular weight excluding hydrogens is 354 g/mol. The van der Waals surface area contributed by atoms with Crippen molar-refractivity contribution in [2.24, 2.45) is 5.92 Å². The van der Waals surface area contributed by atoms with Crippen LogP contribution in [0, 0.1) is 5.92 Å². The number of fused-ring (bicyclic) bond motifs is 2. The van der Waals surface area contributed by atoms with E-state index >= 15 is 0 Å². The van der Waals surface area contributed by atoms with Gasteiger partial charge in [0.15, 0.2) is 17.2 Å². The molecule has 5 rings (SSSR count). The summed E-state index contributed by atoms with van der Waals surface area (Å²) in [6.07, 6.45) is 2.46. The van der Waals surface area contributed by atoms with E-state index in [0.29, 0.717) is 0 Å². The van der Waals surface area contributed by atoms with Crippen molar-refractivity contribution in [3.63, 3.8) is 0 Å². The van der Waals surface area contributed by atoms with Gasteiger partial charge in [-0.25, -0.2) is 0 Å². The molecule has 0 amide bonds. The maximum atomic E-state index is 6.70. The van der Waals surface area contributed by atoms with Crippen LogP contribution in [0.15, 0.2) is 36.4 Å². The zero-order valence-corrected chi connectivity index (χ0v) is 16.7. The molecule has 0 aliphatic carbocycles. The Morgan fingerprint density at radius 3 is 2.36 bits per heavy atom. The van der Waals surface area contributed by atoms with Gasteiger partial charge in [-0.2, -0.15) is 0 Å². The summed E-state index contributed by atoms with van der Waals surface area (Å²) in [6.45, 7) is 6.98. The molecule has 3 aliphatic heterocycles. The minimum atomic E-state index is -0.359. The Hall–Kier alpha value is -2.40. The maximum absolute atomic E-state index is 6.70. The predicted molar refractivity (Wildman–Crippen MR) is 106 cm³/mol. The fourth-order valence-corrected chi connectivity index (χ4v) is 4.96. The van der Waals surface area contributed by atoms with E-state index in [4.69, 9.17) is 18.9 Å². The summed E-state index contributed by atoms with van der Waals surface area (Å²) < 4.78 is 23.4. The second-order valence-electron chi connectivity index (χ2n) is 8.13. The molecule has 5 heteroatoms. The molecule has 0 spiro atoms. The zero-order chi connectivity index (χ0) is 19.3. The van der Waals surface area contributed by atoms with Crippen LogP contribution >= 0.6 is 0 Å². The van der Waals surface area contributed by atoms with Gasteiger partial charge in [0.2, 0.25) is 6.79 Å². The number of nitrogens with zero attached hydrogens (tertiary/aromatic N) is 1. The average molecular weight is 381 g/mol. The summed E-state index contributed by atoms with van der Waals surface area (Å²) in [4.78, 5) is 2.50. The molecule has 1 saturated heterocycles. The first kappa shape index (κ1) is 17.7. The number of likely N-dealkylation sites (tertiary alicyclic amines) is 1. The van der Waals surface area contributed by atoms with Crippen molar-refractivity contribution in [3.05, 3.63) is 47.5 Å². The summed E-state index contributed by atoms with van der Waals surface area (Å²) in [5, 5.41) is 0. The predicted octanol–water partition coefficient (Wildman–Crippen LogP) is 4.40. The van der Waals surface area contributed by atoms with E-state index in [2.05, 4.69) is 36.9 Å². The SMILES string of the molecule is COc1ccc([C@@H]2c3cc4c(cc3O[C@@](C)(N3CCCC3)[C@@H]2C)OCO4)cc1. The smallest absolute Gasteiger partial charge is 0.231 e. The monoisotopic (exact) mass is 381 g/mol. The highest BCUT2D eigenvalue weighted by atomic mass is 16.7. The number of hydrogen-bond acceptors (Lipinski definition) is 5. The fraction of sp³-hybridized carbons (Fsp3) is 0.478. The summed E-state index contributed by atoms with van der Waals surface area (Å²) in [5.41, 5.74) is 2.07. The Kier molecular flexibility index (Phi) is 4.16. The molecule has 0 aromatic heterocycles. The van der Waals surface area contributed by atoms with E-state index in [9.17, 15) is 0 Å². The standard InChI is InChI=1S/C23H27NO4/c1-15-22(16-6-8-17(25-3)9-7-16)18-12-20-21(27-14-26-20)13-19(18)28-23(15,2)24-10-4-5-11-24/h6-9,12-13,15,22H,4-5,10-11,14H2,1-3H3/t15-,22-,23-/m1/s1. The Labute approximate surface area is 166 Å². The molecule has 0 N–H and O–H groups in total. The zero-order valence-electron chi connectivity index (χ0n) is 16.7. The van der Waals surface area contributed by atoms with Crippen LogP contribution in [0.4, 0.5) is 0 Å². The van der Waals surface area contributed by atoms with E-state index in [0.717, 1.165) is 36.1 Å². The van der Waals surface area contributed by atoms with Gasteiger partial charge in [-0.1, -0.05) is 19.1 Å². The highest BCUT2D eigenvalue weighted by molar-refractivity contribution is 5.56. The van der Waals surface area contributed by atoms with Crippen molar-refractivity contribution in [3.8, 4) is 23.0 Å². The van der Waals surface area contributed by atoms with Crippen LogP contribution < -0.4 is 18.9 Å². The van der Waals surface area contributed by atoms with Crippen molar-refractivity contribution in [2.75, 3.05) is 27.0 Å². The van der Waals surface area contributed by atoms with Gasteiger partial charge < -0.3 is 18.9 Å². The summed E-state index contributed by atoms with van der Waals surface area (Å²) in [5.74, 6) is 3.82. The second-order valence-corrected chi connectivity index (χ2v) is 8.13. The molecule has 2 aromatic carbocycles. The number of ether oxygens (including phenoxy) is 4. The third-order valence-electron chi connectivity index (χ3n) is 6.71. The molecular formula is C23H27NO4. The first-order valence-electron chi connectivity index (χ1n) is 10.1. The van der Waals surface area contributed by atoms with Crippen molar-refractivity contribution in [2.45, 2.75) is 38.3 Å². The van der Waals surface area contributed by atoms with Crippen molar-refractivity contribution in [1.29, 1.82) is 0 Å². The summed E-state index contributed by atoms with van der Waals surface area (Å²) >= 11 is 0. The lowest BCUT2D eigenvalue weighted by Crippen LogP contribution is -2.57. The van der Waals surface area contributed by atoms with Crippen LogP contribution in [0.1, 0.15) is 43.7 Å². The summed E-state index contributed by atoms with van der Waals surface area (Å²) in [7, 11) is 1.70. The minimum Gasteiger partial charge on any atom is -0.497 e. The highest BCUT2D eigenvalue weighted by Crippen LogP contribution is 2.53. The molecule has 148 valence electrons. The third kappa shape index (κ3) is 2.64. The first-order valence-corrected chi connectivity index (χ1v) is 10.1. The van der Waals surface area contributed by atoms with Crippen LogP contribution in [-0.2, 0) is 0 Å². The van der Waals surface area contributed by atoms with Crippen LogP contribution in [0.2, 0.25) is 0 Å². The molecule has 0 unspecified atom stereocenters. The summed E-state index contributed by atoms with van der Waals surface area (Å²) in [6, 6.07) is 12.5. The first-order chi connectivity index (χ1) is 13.6. The van der Waals surface area contributed by atoms with Crippen molar-refractivity contribution >= 4 is 0 Å². The van der Waals surface area contributed by atoms with Crippen LogP contribution in [0.3, 0.4) is 0 Å². The lowest BCUT2D eigenvalue weighted by Gasteiger charge is -2.50. The number of rotatable bonds is 3. The molecule has 0 saturated carbocycles.